The highest BCUT2D eigenvalue weighted by atomic mass is 35.5. The Hall–Kier alpha value is -1.07. The zero-order valence-electron chi connectivity index (χ0n) is 10.3. The maximum atomic E-state index is 11.8. The van der Waals surface area contributed by atoms with E-state index in [2.05, 4.69) is 10.5 Å². The molecule has 0 saturated heterocycles. The molecule has 100 valence electrons. The van der Waals surface area contributed by atoms with E-state index < -0.39 is 0 Å². The molecule has 1 amide bonds. The summed E-state index contributed by atoms with van der Waals surface area (Å²) in [4.78, 5) is 11.8. The molecule has 1 heterocycles. The van der Waals surface area contributed by atoms with Crippen molar-refractivity contribution in [3.8, 4) is 0 Å². The molecular weight excluding hydrogens is 256 g/mol. The van der Waals surface area contributed by atoms with Gasteiger partial charge >= 0.3 is 0 Å². The van der Waals surface area contributed by atoms with Crippen molar-refractivity contribution in [3.63, 3.8) is 0 Å². The molecule has 1 saturated carbocycles. The monoisotopic (exact) mass is 272 g/mol. The Balaban J connectivity index is 1.80. The van der Waals surface area contributed by atoms with Crippen LogP contribution in [0.15, 0.2) is 10.6 Å². The third kappa shape index (κ3) is 3.46. The van der Waals surface area contributed by atoms with Crippen LogP contribution in [0.3, 0.4) is 0 Å². The van der Waals surface area contributed by atoms with Gasteiger partial charge in [-0.05, 0) is 25.2 Å². The summed E-state index contributed by atoms with van der Waals surface area (Å²) >= 11 is 6.02. The summed E-state index contributed by atoms with van der Waals surface area (Å²) in [5, 5.41) is 6.81. The number of hydrogen-bond acceptors (Lipinski definition) is 4. The van der Waals surface area contributed by atoms with Gasteiger partial charge in [-0.2, -0.15) is 0 Å². The van der Waals surface area contributed by atoms with Gasteiger partial charge in [0.1, 0.15) is 6.61 Å². The second kappa shape index (κ2) is 6.20. The van der Waals surface area contributed by atoms with E-state index in [0.717, 1.165) is 19.3 Å². The van der Waals surface area contributed by atoms with Crippen LogP contribution < -0.4 is 5.32 Å². The number of ether oxygens (including phenoxy) is 1. The van der Waals surface area contributed by atoms with Gasteiger partial charge in [0.15, 0.2) is 11.5 Å². The largest absolute Gasteiger partial charge is 0.377 e. The summed E-state index contributed by atoms with van der Waals surface area (Å²) in [6.45, 7) is 0.964. The van der Waals surface area contributed by atoms with E-state index in [1.54, 1.807) is 13.2 Å². The van der Waals surface area contributed by atoms with E-state index in [1.165, 1.54) is 0 Å². The van der Waals surface area contributed by atoms with E-state index in [-0.39, 0.29) is 11.3 Å². The highest BCUT2D eigenvalue weighted by Gasteiger charge is 2.23. The Kier molecular flexibility index (Phi) is 4.60. The van der Waals surface area contributed by atoms with E-state index in [1.807, 2.05) is 0 Å². The number of nitrogens with one attached hydrogen (secondary N) is 1. The van der Waals surface area contributed by atoms with Gasteiger partial charge in [0, 0.05) is 25.1 Å². The van der Waals surface area contributed by atoms with Crippen LogP contribution in [0, 0.1) is 5.92 Å². The molecular formula is C12H17ClN2O3. The van der Waals surface area contributed by atoms with Crippen LogP contribution in [0.2, 0.25) is 0 Å². The van der Waals surface area contributed by atoms with Crippen molar-refractivity contribution in [3.05, 3.63) is 17.5 Å². The summed E-state index contributed by atoms with van der Waals surface area (Å²) in [7, 11) is 1.56. The number of methoxy groups -OCH3 is 1. The smallest absolute Gasteiger partial charge is 0.273 e. The minimum atomic E-state index is -0.209. The van der Waals surface area contributed by atoms with Gasteiger partial charge in [-0.1, -0.05) is 5.16 Å². The normalized spacial score (nSPS) is 23.2. The lowest BCUT2D eigenvalue weighted by Crippen LogP contribution is -2.28. The molecule has 1 aliphatic rings. The molecule has 18 heavy (non-hydrogen) atoms. The molecule has 0 radical (unpaired) electrons. The van der Waals surface area contributed by atoms with Crippen molar-refractivity contribution in [2.24, 2.45) is 5.92 Å². The highest BCUT2D eigenvalue weighted by Crippen LogP contribution is 2.28. The standard InChI is InChI=1S/C12H17ClN2O3/c1-17-7-10-5-11(15-18-10)12(16)14-6-8-2-3-9(13)4-8/h5,8-9H,2-4,6-7H2,1H3,(H,14,16). The predicted octanol–water partition coefficient (Wildman–Crippen LogP) is 1.96. The fourth-order valence-electron chi connectivity index (χ4n) is 2.16. The van der Waals surface area contributed by atoms with Gasteiger partial charge in [-0.3, -0.25) is 4.79 Å². The van der Waals surface area contributed by atoms with Crippen molar-refractivity contribution in [1.82, 2.24) is 10.5 Å². The molecule has 2 unspecified atom stereocenters. The first kappa shape index (κ1) is 13.4. The topological polar surface area (TPSA) is 64.4 Å². The first-order valence-electron chi connectivity index (χ1n) is 6.06. The maximum absolute atomic E-state index is 11.8. The maximum Gasteiger partial charge on any atom is 0.273 e. The first-order valence-corrected chi connectivity index (χ1v) is 6.49. The molecule has 1 N–H and O–H groups in total. The molecule has 0 aliphatic heterocycles. The number of hydrogen-bond donors (Lipinski definition) is 1. The van der Waals surface area contributed by atoms with Gasteiger partial charge in [0.05, 0.1) is 0 Å². The van der Waals surface area contributed by atoms with Gasteiger partial charge in [-0.25, -0.2) is 0 Å². The average molecular weight is 273 g/mol. The Morgan fingerprint density at radius 1 is 1.67 bits per heavy atom. The first-order chi connectivity index (χ1) is 8.69. The molecule has 0 bridgehead atoms. The number of halogens is 1. The van der Waals surface area contributed by atoms with Crippen LogP contribution in [-0.4, -0.2) is 30.1 Å². The number of carbonyl (C=O) groups is 1. The van der Waals surface area contributed by atoms with Crippen molar-refractivity contribution < 1.29 is 14.1 Å². The van der Waals surface area contributed by atoms with Crippen LogP contribution in [-0.2, 0) is 11.3 Å². The van der Waals surface area contributed by atoms with Crippen molar-refractivity contribution in [2.75, 3.05) is 13.7 Å². The van der Waals surface area contributed by atoms with Crippen molar-refractivity contribution in [1.29, 1.82) is 0 Å². The van der Waals surface area contributed by atoms with Crippen LogP contribution >= 0.6 is 11.6 Å². The van der Waals surface area contributed by atoms with Crippen LogP contribution in [0.25, 0.3) is 0 Å². The number of carbonyl (C=O) groups excluding carboxylic acids is 1. The average Bonchev–Trinajstić information content (AvgIpc) is 2.96. The number of amides is 1. The second-order valence-corrected chi connectivity index (χ2v) is 5.22. The van der Waals surface area contributed by atoms with Crippen molar-refractivity contribution in [2.45, 2.75) is 31.2 Å². The van der Waals surface area contributed by atoms with Gasteiger partial charge in [0.2, 0.25) is 0 Å². The summed E-state index contributed by atoms with van der Waals surface area (Å²) in [6, 6.07) is 1.60. The molecule has 0 aromatic carbocycles. The molecule has 1 aromatic rings. The zero-order valence-corrected chi connectivity index (χ0v) is 11.1. The van der Waals surface area contributed by atoms with Crippen LogP contribution in [0.5, 0.6) is 0 Å². The molecule has 1 aliphatic carbocycles. The second-order valence-electron chi connectivity index (χ2n) is 4.60. The highest BCUT2D eigenvalue weighted by molar-refractivity contribution is 6.20. The molecule has 2 rings (SSSR count). The fourth-order valence-corrected chi connectivity index (χ4v) is 2.54. The number of rotatable bonds is 5. The van der Waals surface area contributed by atoms with Crippen LogP contribution in [0.4, 0.5) is 0 Å². The van der Waals surface area contributed by atoms with E-state index in [4.69, 9.17) is 20.9 Å². The summed E-state index contributed by atoms with van der Waals surface area (Å²) in [5.74, 6) is 0.810. The lowest BCUT2D eigenvalue weighted by molar-refractivity contribution is 0.0937. The molecule has 1 fully saturated rings. The van der Waals surface area contributed by atoms with E-state index in [9.17, 15) is 4.79 Å². The minimum absolute atomic E-state index is 0.209. The lowest BCUT2D eigenvalue weighted by Gasteiger charge is -2.09. The molecule has 5 nitrogen and oxygen atoms in total. The Bertz CT molecular complexity index is 408. The molecule has 6 heteroatoms. The quantitative estimate of drug-likeness (QED) is 0.832. The van der Waals surface area contributed by atoms with E-state index in [0.29, 0.717) is 30.5 Å². The van der Waals surface area contributed by atoms with Gasteiger partial charge in [-0.15, -0.1) is 11.6 Å². The summed E-state index contributed by atoms with van der Waals surface area (Å²) < 4.78 is 9.85. The van der Waals surface area contributed by atoms with Gasteiger partial charge < -0.3 is 14.6 Å². The molecule has 0 spiro atoms. The predicted molar refractivity (Wildman–Crippen MR) is 66.5 cm³/mol. The molecule has 1 aromatic heterocycles. The minimum Gasteiger partial charge on any atom is -0.377 e. The summed E-state index contributed by atoms with van der Waals surface area (Å²) in [5.41, 5.74) is 0.294. The third-order valence-corrected chi connectivity index (χ3v) is 3.50. The lowest BCUT2D eigenvalue weighted by atomic mass is 10.1. The molecule has 2 atom stereocenters. The van der Waals surface area contributed by atoms with Crippen LogP contribution in [0.1, 0.15) is 35.5 Å². The van der Waals surface area contributed by atoms with Crippen molar-refractivity contribution >= 4 is 17.5 Å². The Morgan fingerprint density at radius 3 is 3.17 bits per heavy atom. The SMILES string of the molecule is COCc1cc(C(=O)NCC2CCC(Cl)C2)no1. The number of aromatic nitrogens is 1. The van der Waals surface area contributed by atoms with Gasteiger partial charge in [0.25, 0.3) is 5.91 Å². The van der Waals surface area contributed by atoms with E-state index >= 15 is 0 Å². The summed E-state index contributed by atoms with van der Waals surface area (Å²) in [6.07, 6.45) is 3.07. The fraction of sp³-hybridized carbons (Fsp3) is 0.667. The Labute approximate surface area is 111 Å². The zero-order chi connectivity index (χ0) is 13.0. The number of alkyl halides is 1. The number of nitrogens with zero attached hydrogens (tertiary/aromatic N) is 1. The Morgan fingerprint density at radius 2 is 2.50 bits per heavy atom. The third-order valence-electron chi connectivity index (χ3n) is 3.11.